The van der Waals surface area contributed by atoms with Gasteiger partial charge in [-0.1, -0.05) is 17.3 Å². The van der Waals surface area contributed by atoms with Crippen LogP contribution in [0.15, 0.2) is 54.1 Å². The topological polar surface area (TPSA) is 89.2 Å². The third kappa shape index (κ3) is 4.11. The van der Waals surface area contributed by atoms with Gasteiger partial charge in [-0.3, -0.25) is 4.79 Å². The third-order valence-electron chi connectivity index (χ3n) is 6.79. The van der Waals surface area contributed by atoms with Crippen molar-refractivity contribution in [3.63, 3.8) is 0 Å². The molecule has 2 unspecified atom stereocenters. The molecule has 8 nitrogen and oxygen atoms in total. The highest BCUT2D eigenvalue weighted by molar-refractivity contribution is 6.06. The second-order valence-electron chi connectivity index (χ2n) is 9.08. The van der Waals surface area contributed by atoms with Crippen molar-refractivity contribution >= 4 is 11.6 Å². The van der Waals surface area contributed by atoms with Crippen molar-refractivity contribution in [3.05, 3.63) is 77.4 Å². The van der Waals surface area contributed by atoms with Crippen molar-refractivity contribution in [2.24, 2.45) is 5.16 Å². The van der Waals surface area contributed by atoms with Crippen LogP contribution >= 0.6 is 0 Å². The molecular formula is C26H26F2N4O4. The highest BCUT2D eigenvalue weighted by atomic mass is 19.2. The molecule has 36 heavy (non-hydrogen) atoms. The van der Waals surface area contributed by atoms with Crippen LogP contribution in [0, 0.1) is 18.6 Å². The van der Waals surface area contributed by atoms with Crippen molar-refractivity contribution in [1.82, 2.24) is 14.5 Å². The minimum absolute atomic E-state index is 0.241. The number of aliphatic hydroxyl groups excluding tert-OH is 1. The number of carbonyl (C=O) groups excluding carboxylic acids is 1. The summed E-state index contributed by atoms with van der Waals surface area (Å²) in [5.41, 5.74) is 2.15. The van der Waals surface area contributed by atoms with Crippen LogP contribution in [0.25, 0.3) is 5.69 Å². The second-order valence-corrected chi connectivity index (χ2v) is 9.08. The number of oxime groups is 1. The number of halogens is 2. The van der Waals surface area contributed by atoms with Gasteiger partial charge in [0.25, 0.3) is 5.91 Å². The van der Waals surface area contributed by atoms with Crippen LogP contribution in [-0.2, 0) is 9.63 Å². The van der Waals surface area contributed by atoms with Crippen LogP contribution < -0.4 is 4.74 Å². The number of imidazole rings is 1. The Hall–Kier alpha value is -3.79. The van der Waals surface area contributed by atoms with Crippen molar-refractivity contribution in [2.45, 2.75) is 37.8 Å². The fourth-order valence-electron chi connectivity index (χ4n) is 4.91. The molecule has 3 heterocycles. The molecule has 2 aromatic carbocycles. The Balaban J connectivity index is 1.38. The number of likely N-dealkylation sites (tertiary alicyclic amines) is 1. The number of benzene rings is 2. The van der Waals surface area contributed by atoms with E-state index < -0.39 is 29.9 Å². The molecule has 10 heteroatoms. The van der Waals surface area contributed by atoms with E-state index in [1.807, 2.05) is 35.9 Å². The van der Waals surface area contributed by atoms with Crippen molar-refractivity contribution in [3.8, 4) is 11.4 Å². The van der Waals surface area contributed by atoms with Gasteiger partial charge in [-0.05, 0) is 43.2 Å². The first-order valence-corrected chi connectivity index (χ1v) is 11.7. The number of hydrogen-bond donors (Lipinski definition) is 1. The largest absolute Gasteiger partial charge is 0.495 e. The molecule has 2 atom stereocenters. The second kappa shape index (κ2) is 9.34. The Morgan fingerprint density at radius 3 is 2.75 bits per heavy atom. The number of nitrogens with zero attached hydrogens (tertiary/aromatic N) is 4. The van der Waals surface area contributed by atoms with Crippen molar-refractivity contribution in [1.29, 1.82) is 0 Å². The monoisotopic (exact) mass is 496 g/mol. The predicted octanol–water partition coefficient (Wildman–Crippen LogP) is 3.69. The van der Waals surface area contributed by atoms with E-state index in [0.29, 0.717) is 36.4 Å². The smallest absolute Gasteiger partial charge is 0.270 e. The first-order chi connectivity index (χ1) is 17.3. The lowest BCUT2D eigenvalue weighted by Crippen LogP contribution is -2.55. The SMILES string of the molecule is COc1cc(C2=NOC3(CCCN(C(CO)c4ccc(F)c(F)c4)C3=O)C2)ccc1-n1cnc(C)c1. The molecule has 3 aromatic rings. The predicted molar refractivity (Wildman–Crippen MR) is 127 cm³/mol. The number of amides is 1. The molecule has 0 aliphatic carbocycles. The Morgan fingerprint density at radius 1 is 1.22 bits per heavy atom. The van der Waals surface area contributed by atoms with Gasteiger partial charge in [0.15, 0.2) is 11.6 Å². The Kier molecular flexibility index (Phi) is 6.21. The van der Waals surface area contributed by atoms with Crippen LogP contribution in [0.3, 0.4) is 0 Å². The molecule has 1 spiro atoms. The molecule has 0 bridgehead atoms. The molecule has 1 saturated heterocycles. The molecule has 2 aliphatic rings. The van der Waals surface area contributed by atoms with Crippen LogP contribution in [0.1, 0.15) is 42.1 Å². The molecule has 1 amide bonds. The summed E-state index contributed by atoms with van der Waals surface area (Å²) in [6, 6.07) is 8.18. The zero-order valence-electron chi connectivity index (χ0n) is 19.9. The van der Waals surface area contributed by atoms with Gasteiger partial charge in [0, 0.05) is 31.1 Å². The molecule has 1 fully saturated rings. The zero-order valence-corrected chi connectivity index (χ0v) is 19.9. The lowest BCUT2D eigenvalue weighted by Gasteiger charge is -2.41. The van der Waals surface area contributed by atoms with E-state index in [9.17, 15) is 18.7 Å². The summed E-state index contributed by atoms with van der Waals surface area (Å²) < 4.78 is 34.8. The fourth-order valence-corrected chi connectivity index (χ4v) is 4.91. The third-order valence-corrected chi connectivity index (χ3v) is 6.79. The molecular weight excluding hydrogens is 470 g/mol. The summed E-state index contributed by atoms with van der Waals surface area (Å²) in [6.07, 6.45) is 4.90. The van der Waals surface area contributed by atoms with E-state index in [-0.39, 0.29) is 12.3 Å². The van der Waals surface area contributed by atoms with Crippen LogP contribution in [-0.4, -0.2) is 57.0 Å². The lowest BCUT2D eigenvalue weighted by atomic mass is 9.84. The zero-order chi connectivity index (χ0) is 25.4. The average molecular weight is 497 g/mol. The number of aliphatic hydroxyl groups is 1. The molecule has 2 aliphatic heterocycles. The maximum atomic E-state index is 13.9. The molecule has 1 aromatic heterocycles. The Labute approximate surface area is 206 Å². The minimum atomic E-state index is -1.22. The highest BCUT2D eigenvalue weighted by Gasteiger charge is 2.52. The number of hydrogen-bond acceptors (Lipinski definition) is 6. The van der Waals surface area contributed by atoms with Gasteiger partial charge in [-0.25, -0.2) is 13.8 Å². The minimum Gasteiger partial charge on any atom is -0.495 e. The summed E-state index contributed by atoms with van der Waals surface area (Å²) >= 11 is 0. The molecule has 0 radical (unpaired) electrons. The average Bonchev–Trinajstić information content (AvgIpc) is 3.51. The highest BCUT2D eigenvalue weighted by Crippen LogP contribution is 2.39. The first kappa shape index (κ1) is 23.9. The normalized spacial score (nSPS) is 20.4. The fraction of sp³-hybridized carbons (Fsp3) is 0.346. The van der Waals surface area contributed by atoms with E-state index in [0.717, 1.165) is 29.1 Å². The summed E-state index contributed by atoms with van der Waals surface area (Å²) in [4.78, 5) is 25.1. The number of aryl methyl sites for hydroxylation is 1. The maximum Gasteiger partial charge on any atom is 0.270 e. The van der Waals surface area contributed by atoms with E-state index >= 15 is 0 Å². The van der Waals surface area contributed by atoms with Gasteiger partial charge in [0.1, 0.15) is 5.75 Å². The number of methoxy groups -OCH3 is 1. The maximum absolute atomic E-state index is 13.9. The van der Waals surface area contributed by atoms with E-state index in [4.69, 9.17) is 9.57 Å². The Morgan fingerprint density at radius 2 is 2.06 bits per heavy atom. The number of piperidine rings is 1. The molecule has 188 valence electrons. The summed E-state index contributed by atoms with van der Waals surface area (Å²) in [7, 11) is 1.58. The number of aromatic nitrogens is 2. The molecule has 0 saturated carbocycles. The van der Waals surface area contributed by atoms with E-state index in [1.54, 1.807) is 13.4 Å². The summed E-state index contributed by atoms with van der Waals surface area (Å²) in [5, 5.41) is 14.3. The van der Waals surface area contributed by atoms with Crippen LogP contribution in [0.2, 0.25) is 0 Å². The number of carbonyl (C=O) groups is 1. The van der Waals surface area contributed by atoms with Crippen molar-refractivity contribution < 1.29 is 28.3 Å². The standard InChI is InChI=1S/C26H26F2N4O4/c1-16-13-31(15-29-16)22-7-5-17(11-24(22)35-2)21-12-26(36-30-21)8-3-9-32(25(26)34)23(14-33)18-4-6-19(27)20(28)10-18/h4-7,10-11,13,15,23,33H,3,8-9,12,14H2,1-2H3. The van der Waals surface area contributed by atoms with Gasteiger partial charge in [-0.2, -0.15) is 0 Å². The summed E-state index contributed by atoms with van der Waals surface area (Å²) in [5.74, 6) is -1.74. The van der Waals surface area contributed by atoms with Gasteiger partial charge < -0.3 is 24.1 Å². The van der Waals surface area contributed by atoms with Gasteiger partial charge >= 0.3 is 0 Å². The van der Waals surface area contributed by atoms with Crippen LogP contribution in [0.4, 0.5) is 8.78 Å². The van der Waals surface area contributed by atoms with Gasteiger partial charge in [-0.15, -0.1) is 0 Å². The van der Waals surface area contributed by atoms with E-state index in [1.165, 1.54) is 11.0 Å². The van der Waals surface area contributed by atoms with Crippen molar-refractivity contribution in [2.75, 3.05) is 20.3 Å². The quantitative estimate of drug-likeness (QED) is 0.562. The molecule has 5 rings (SSSR count). The summed E-state index contributed by atoms with van der Waals surface area (Å²) in [6.45, 7) is 1.82. The number of rotatable bonds is 6. The number of ether oxygens (including phenoxy) is 1. The van der Waals surface area contributed by atoms with E-state index in [2.05, 4.69) is 10.1 Å². The first-order valence-electron chi connectivity index (χ1n) is 11.7. The lowest BCUT2D eigenvalue weighted by molar-refractivity contribution is -0.165. The van der Waals surface area contributed by atoms with Gasteiger partial charge in [0.05, 0.1) is 43.2 Å². The Bertz CT molecular complexity index is 1340. The van der Waals surface area contributed by atoms with Crippen LogP contribution in [0.5, 0.6) is 5.75 Å². The van der Waals surface area contributed by atoms with Gasteiger partial charge in [0.2, 0.25) is 5.60 Å². The molecule has 1 N–H and O–H groups in total.